The van der Waals surface area contributed by atoms with Gasteiger partial charge in [0, 0.05) is 5.92 Å². The lowest BCUT2D eigenvalue weighted by Crippen LogP contribution is -2.34. The minimum Gasteiger partial charge on any atom is -0.373 e. The first kappa shape index (κ1) is 17.8. The minimum absolute atomic E-state index is 0.0781. The molecule has 2 aromatic carbocycles. The third-order valence-corrected chi connectivity index (χ3v) is 7.11. The van der Waals surface area contributed by atoms with Gasteiger partial charge in [0.1, 0.15) is 5.92 Å². The van der Waals surface area contributed by atoms with Crippen LogP contribution in [-0.4, -0.2) is 23.8 Å². The molecule has 0 N–H and O–H groups in total. The highest BCUT2D eigenvalue weighted by Crippen LogP contribution is 2.57. The van der Waals surface area contributed by atoms with Crippen molar-refractivity contribution in [1.82, 2.24) is 0 Å². The second kappa shape index (κ2) is 6.12. The van der Waals surface area contributed by atoms with E-state index in [0.29, 0.717) is 0 Å². The second-order valence-electron chi connectivity index (χ2n) is 8.99. The van der Waals surface area contributed by atoms with Gasteiger partial charge in [0.25, 0.3) is 0 Å². The lowest BCUT2D eigenvalue weighted by atomic mass is 9.73. The Morgan fingerprint density at radius 1 is 0.821 bits per heavy atom. The van der Waals surface area contributed by atoms with Gasteiger partial charge in [-0.25, -0.2) is 0 Å². The van der Waals surface area contributed by atoms with Crippen LogP contribution in [0.25, 0.3) is 0 Å². The molecule has 144 valence electrons. The maximum absolute atomic E-state index is 13.5. The van der Waals surface area contributed by atoms with Gasteiger partial charge in [0.2, 0.25) is 0 Å². The Balaban J connectivity index is 1.51. The first-order valence-electron chi connectivity index (χ1n) is 10.2. The molecule has 0 aromatic heterocycles. The highest BCUT2D eigenvalue weighted by atomic mass is 16.5. The summed E-state index contributed by atoms with van der Waals surface area (Å²) in [4.78, 5) is 26.9. The first-order valence-corrected chi connectivity index (χ1v) is 10.2. The molecule has 3 fully saturated rings. The van der Waals surface area contributed by atoms with E-state index in [0.717, 1.165) is 23.1 Å². The summed E-state index contributed by atoms with van der Waals surface area (Å²) < 4.78 is 6.20. The number of fused-ring (bicyclic) bond motifs is 5. The maximum Gasteiger partial charge on any atom is 0.154 e. The van der Waals surface area contributed by atoms with E-state index in [2.05, 4.69) is 50.2 Å². The van der Waals surface area contributed by atoms with Crippen molar-refractivity contribution in [3.05, 3.63) is 69.8 Å². The molecule has 28 heavy (non-hydrogen) atoms. The van der Waals surface area contributed by atoms with Crippen molar-refractivity contribution in [3.8, 4) is 0 Å². The third-order valence-electron chi connectivity index (χ3n) is 7.11. The molecule has 2 bridgehead atoms. The number of hydrogen-bond acceptors (Lipinski definition) is 3. The van der Waals surface area contributed by atoms with Gasteiger partial charge in [-0.05, 0) is 56.4 Å². The topological polar surface area (TPSA) is 43.4 Å². The fraction of sp³-hybridized carbons (Fsp3) is 0.440. The Hall–Kier alpha value is -2.26. The zero-order chi connectivity index (χ0) is 19.7. The van der Waals surface area contributed by atoms with Crippen LogP contribution in [0.1, 0.15) is 51.6 Å². The number of benzene rings is 2. The summed E-state index contributed by atoms with van der Waals surface area (Å²) in [6, 6.07) is 12.7. The molecule has 6 atom stereocenters. The van der Waals surface area contributed by atoms with Crippen molar-refractivity contribution in [3.63, 3.8) is 0 Å². The maximum atomic E-state index is 13.5. The number of carbonyl (C=O) groups is 2. The molecule has 2 aliphatic heterocycles. The summed E-state index contributed by atoms with van der Waals surface area (Å²) in [7, 11) is 0. The number of aryl methyl sites for hydroxylation is 4. The molecule has 1 aliphatic carbocycles. The molecule has 5 rings (SSSR count). The standard InChI is InChI=1S/C25H26O3/c1-12-5-7-16(8-6-12)17-11-18-20-22(25(17)28-18)24(27)21(23(20)26)19-14(3)9-13(2)10-15(19)4/h5-10,17-18,20-22,25H,11H2,1-4H3/t17-,18+,20+,21?,22-,25-/m1/s1. The van der Waals surface area contributed by atoms with Gasteiger partial charge in [-0.2, -0.15) is 0 Å². The molecule has 3 heteroatoms. The van der Waals surface area contributed by atoms with E-state index >= 15 is 0 Å². The van der Waals surface area contributed by atoms with Crippen LogP contribution in [-0.2, 0) is 14.3 Å². The summed E-state index contributed by atoms with van der Waals surface area (Å²) in [6.45, 7) is 8.17. The summed E-state index contributed by atoms with van der Waals surface area (Å²) in [6.07, 6.45) is 0.561. The number of Topliss-reactive ketones (excluding diaryl/α,β-unsaturated/α-hetero) is 2. The molecular weight excluding hydrogens is 348 g/mol. The third kappa shape index (κ3) is 2.39. The Kier molecular flexibility index (Phi) is 3.89. The summed E-state index contributed by atoms with van der Waals surface area (Å²) in [5.74, 6) is -0.787. The second-order valence-corrected chi connectivity index (χ2v) is 8.99. The Morgan fingerprint density at radius 3 is 2.07 bits per heavy atom. The van der Waals surface area contributed by atoms with Crippen LogP contribution in [0.4, 0.5) is 0 Å². The highest BCUT2D eigenvalue weighted by Gasteiger charge is 2.65. The molecule has 0 radical (unpaired) electrons. The van der Waals surface area contributed by atoms with E-state index in [1.54, 1.807) is 0 Å². The van der Waals surface area contributed by atoms with Gasteiger partial charge in [-0.15, -0.1) is 0 Å². The largest absolute Gasteiger partial charge is 0.373 e. The van der Waals surface area contributed by atoms with Crippen LogP contribution in [0.5, 0.6) is 0 Å². The van der Waals surface area contributed by atoms with Gasteiger partial charge < -0.3 is 4.74 Å². The van der Waals surface area contributed by atoms with E-state index < -0.39 is 5.92 Å². The van der Waals surface area contributed by atoms with Gasteiger partial charge in [0.05, 0.1) is 24.0 Å². The molecule has 1 unspecified atom stereocenters. The average molecular weight is 374 g/mol. The van der Waals surface area contributed by atoms with Crippen molar-refractivity contribution in [2.45, 2.75) is 58.2 Å². The fourth-order valence-electron chi connectivity index (χ4n) is 6.03. The van der Waals surface area contributed by atoms with Crippen molar-refractivity contribution >= 4 is 11.6 Å². The predicted molar refractivity (Wildman–Crippen MR) is 108 cm³/mol. The van der Waals surface area contributed by atoms with Crippen LogP contribution in [0.15, 0.2) is 36.4 Å². The lowest BCUT2D eigenvalue weighted by molar-refractivity contribution is -0.127. The van der Waals surface area contributed by atoms with Gasteiger partial charge >= 0.3 is 0 Å². The molecule has 0 amide bonds. The molecule has 3 aliphatic rings. The average Bonchev–Trinajstić information content (AvgIpc) is 3.29. The van der Waals surface area contributed by atoms with Crippen LogP contribution >= 0.6 is 0 Å². The van der Waals surface area contributed by atoms with Crippen molar-refractivity contribution in [1.29, 1.82) is 0 Å². The van der Waals surface area contributed by atoms with Crippen molar-refractivity contribution in [2.24, 2.45) is 11.8 Å². The number of rotatable bonds is 2. The SMILES string of the molecule is Cc1ccc([C@H]2C[C@@H]3O[C@H]2[C@H]2C(=O)C(c4c(C)cc(C)cc4C)C(=O)[C@H]23)cc1. The molecule has 0 spiro atoms. The van der Waals surface area contributed by atoms with Gasteiger partial charge in [-0.3, -0.25) is 9.59 Å². The number of carbonyl (C=O) groups excluding carboxylic acids is 2. The first-order chi connectivity index (χ1) is 13.4. The van der Waals surface area contributed by atoms with E-state index in [9.17, 15) is 9.59 Å². The summed E-state index contributed by atoms with van der Waals surface area (Å²) >= 11 is 0. The van der Waals surface area contributed by atoms with Gasteiger partial charge in [0.15, 0.2) is 11.6 Å². The number of hydrogen-bond donors (Lipinski definition) is 0. The van der Waals surface area contributed by atoms with Crippen molar-refractivity contribution in [2.75, 3.05) is 0 Å². The van der Waals surface area contributed by atoms with Crippen LogP contribution < -0.4 is 0 Å². The van der Waals surface area contributed by atoms with Crippen LogP contribution in [0.3, 0.4) is 0 Å². The zero-order valence-corrected chi connectivity index (χ0v) is 16.9. The molecule has 1 saturated carbocycles. The fourth-order valence-corrected chi connectivity index (χ4v) is 6.03. The molecule has 2 aromatic rings. The molecule has 2 heterocycles. The highest BCUT2D eigenvalue weighted by molar-refractivity contribution is 6.17. The predicted octanol–water partition coefficient (Wildman–Crippen LogP) is 4.34. The van der Waals surface area contributed by atoms with Crippen LogP contribution in [0.2, 0.25) is 0 Å². The quantitative estimate of drug-likeness (QED) is 0.735. The lowest BCUT2D eigenvalue weighted by Gasteiger charge is -2.26. The Bertz CT molecular complexity index is 964. The van der Waals surface area contributed by atoms with Crippen molar-refractivity contribution < 1.29 is 14.3 Å². The van der Waals surface area contributed by atoms with E-state index in [4.69, 9.17) is 4.74 Å². The molecule has 2 saturated heterocycles. The van der Waals surface area contributed by atoms with E-state index in [-0.39, 0.29) is 41.5 Å². The summed E-state index contributed by atoms with van der Waals surface area (Å²) in [5, 5.41) is 0. The van der Waals surface area contributed by atoms with Crippen LogP contribution in [0, 0.1) is 39.5 Å². The Morgan fingerprint density at radius 2 is 1.43 bits per heavy atom. The van der Waals surface area contributed by atoms with E-state index in [1.165, 1.54) is 16.7 Å². The normalized spacial score (nSPS) is 33.6. The smallest absolute Gasteiger partial charge is 0.154 e. The van der Waals surface area contributed by atoms with Gasteiger partial charge in [-0.1, -0.05) is 47.5 Å². The summed E-state index contributed by atoms with van der Waals surface area (Å²) in [5.41, 5.74) is 6.65. The minimum atomic E-state index is -0.610. The Labute approximate surface area is 166 Å². The molecular formula is C25H26O3. The monoisotopic (exact) mass is 374 g/mol. The number of ether oxygens (including phenoxy) is 1. The number of ketones is 2. The van der Waals surface area contributed by atoms with E-state index in [1.807, 2.05) is 13.8 Å². The zero-order valence-electron chi connectivity index (χ0n) is 16.9. The molecule has 3 nitrogen and oxygen atoms in total.